The van der Waals surface area contributed by atoms with Gasteiger partial charge in [0.05, 0.1) is 40.7 Å². The Morgan fingerprint density at radius 1 is 1.20 bits per heavy atom. The van der Waals surface area contributed by atoms with Gasteiger partial charge >= 0.3 is 0 Å². The molecule has 1 unspecified atom stereocenters. The van der Waals surface area contributed by atoms with Crippen LogP contribution in [0.25, 0.3) is 10.9 Å². The highest BCUT2D eigenvalue weighted by atomic mass is 35.5. The molecule has 0 bridgehead atoms. The molecule has 10 heteroatoms. The maximum absolute atomic E-state index is 12.8. The molecule has 44 heavy (non-hydrogen) atoms. The van der Waals surface area contributed by atoms with E-state index in [-0.39, 0.29) is 12.0 Å². The van der Waals surface area contributed by atoms with E-state index in [0.29, 0.717) is 76.4 Å². The number of ether oxygens (including phenoxy) is 3. The number of rotatable bonds is 11. The van der Waals surface area contributed by atoms with E-state index in [4.69, 9.17) is 25.8 Å². The number of nitrogens with zero attached hydrogens (tertiary/aromatic N) is 3. The van der Waals surface area contributed by atoms with Crippen LogP contribution in [0.4, 0.5) is 17.1 Å². The van der Waals surface area contributed by atoms with E-state index in [2.05, 4.69) is 21.7 Å². The first-order valence-electron chi connectivity index (χ1n) is 14.3. The van der Waals surface area contributed by atoms with Crippen molar-refractivity contribution in [2.24, 2.45) is 0 Å². The third kappa shape index (κ3) is 7.66. The van der Waals surface area contributed by atoms with Gasteiger partial charge in [0, 0.05) is 42.4 Å². The van der Waals surface area contributed by atoms with Crippen LogP contribution < -0.4 is 20.1 Å². The summed E-state index contributed by atoms with van der Waals surface area (Å²) in [6.07, 6.45) is 5.38. The Morgan fingerprint density at radius 3 is 2.77 bits per heavy atom. The van der Waals surface area contributed by atoms with Crippen LogP contribution in [0.2, 0.25) is 5.02 Å². The molecule has 1 aliphatic rings. The van der Waals surface area contributed by atoms with Crippen LogP contribution in [-0.4, -0.2) is 55.7 Å². The molecule has 2 N–H and O–H groups in total. The number of pyridine rings is 1. The zero-order valence-corrected chi connectivity index (χ0v) is 25.6. The Kier molecular flexibility index (Phi) is 9.97. The van der Waals surface area contributed by atoms with E-state index in [9.17, 15) is 10.1 Å². The molecule has 5 rings (SSSR count). The maximum Gasteiger partial charge on any atom is 0.248 e. The third-order valence-corrected chi connectivity index (χ3v) is 7.41. The maximum atomic E-state index is 12.8. The van der Waals surface area contributed by atoms with Gasteiger partial charge in [-0.15, -0.1) is 0 Å². The van der Waals surface area contributed by atoms with Gasteiger partial charge in [0.25, 0.3) is 0 Å². The monoisotopic (exact) mass is 611 g/mol. The number of aryl methyl sites for hydroxylation is 1. The summed E-state index contributed by atoms with van der Waals surface area (Å²) >= 11 is 6.61. The smallest absolute Gasteiger partial charge is 0.248 e. The number of nitriles is 1. The Bertz CT molecular complexity index is 1730. The lowest BCUT2D eigenvalue weighted by molar-refractivity contribution is -0.111. The molecule has 3 aromatic carbocycles. The third-order valence-electron chi connectivity index (χ3n) is 7.11. The number of aromatic nitrogens is 1. The molecule has 1 amide bonds. The van der Waals surface area contributed by atoms with Gasteiger partial charge in [-0.1, -0.05) is 41.9 Å². The number of anilines is 3. The number of hydrogen-bond acceptors (Lipinski definition) is 8. The van der Waals surface area contributed by atoms with E-state index in [0.717, 1.165) is 17.5 Å². The van der Waals surface area contributed by atoms with Crippen molar-refractivity contribution >= 4 is 45.5 Å². The van der Waals surface area contributed by atoms with E-state index >= 15 is 0 Å². The lowest BCUT2D eigenvalue weighted by Gasteiger charge is -2.19. The van der Waals surface area contributed by atoms with Gasteiger partial charge in [0.2, 0.25) is 5.91 Å². The quantitative estimate of drug-likeness (QED) is 0.182. The molecule has 0 radical (unpaired) electrons. The lowest BCUT2D eigenvalue weighted by atomic mass is 10.1. The van der Waals surface area contributed by atoms with E-state index < -0.39 is 0 Å². The summed E-state index contributed by atoms with van der Waals surface area (Å²) in [6, 6.07) is 19.2. The summed E-state index contributed by atoms with van der Waals surface area (Å²) in [5.74, 6) is 0.722. The summed E-state index contributed by atoms with van der Waals surface area (Å²) in [6.45, 7) is 4.13. The number of likely N-dealkylation sites (N-methyl/N-ethyl adjacent to an activating group) is 1. The van der Waals surface area contributed by atoms with Gasteiger partial charge in [0.1, 0.15) is 30.3 Å². The molecule has 1 saturated heterocycles. The number of halogens is 1. The van der Waals surface area contributed by atoms with Crippen molar-refractivity contribution in [3.8, 4) is 17.6 Å². The Labute approximate surface area is 262 Å². The highest BCUT2D eigenvalue weighted by Gasteiger charge is 2.21. The Balaban J connectivity index is 1.45. The molecule has 1 atom stereocenters. The number of hydrogen-bond donors (Lipinski definition) is 2. The predicted octanol–water partition coefficient (Wildman–Crippen LogP) is 6.61. The van der Waals surface area contributed by atoms with Crippen molar-refractivity contribution < 1.29 is 19.0 Å². The number of fused-ring (bicyclic) bond motifs is 1. The summed E-state index contributed by atoms with van der Waals surface area (Å²) in [4.78, 5) is 19.3. The largest absolute Gasteiger partial charge is 0.487 e. The number of carbonyl (C=O) groups is 1. The van der Waals surface area contributed by atoms with Gasteiger partial charge in [-0.25, -0.2) is 0 Å². The predicted molar refractivity (Wildman–Crippen MR) is 173 cm³/mol. The minimum Gasteiger partial charge on any atom is -0.487 e. The van der Waals surface area contributed by atoms with Crippen LogP contribution in [0.1, 0.15) is 23.1 Å². The summed E-state index contributed by atoms with van der Waals surface area (Å²) in [7, 11) is 3.85. The van der Waals surface area contributed by atoms with Crippen molar-refractivity contribution in [2.75, 3.05) is 44.5 Å². The molecule has 0 aliphatic carbocycles. The van der Waals surface area contributed by atoms with Crippen LogP contribution in [0.3, 0.4) is 0 Å². The van der Waals surface area contributed by atoms with Crippen molar-refractivity contribution in [2.45, 2.75) is 26.1 Å². The number of benzene rings is 3. The number of carbonyl (C=O) groups excluding carboxylic acids is 1. The van der Waals surface area contributed by atoms with Crippen molar-refractivity contribution in [1.29, 1.82) is 5.26 Å². The van der Waals surface area contributed by atoms with Crippen molar-refractivity contribution in [3.05, 3.63) is 94.7 Å². The molecule has 1 fully saturated rings. The zero-order chi connectivity index (χ0) is 31.1. The number of nitrogens with one attached hydrogen (secondary N) is 2. The van der Waals surface area contributed by atoms with E-state index in [1.807, 2.05) is 56.3 Å². The first kappa shape index (κ1) is 30.8. The first-order valence-corrected chi connectivity index (χ1v) is 14.7. The van der Waals surface area contributed by atoms with Gasteiger partial charge < -0.3 is 29.7 Å². The second kappa shape index (κ2) is 14.2. The minimum atomic E-state index is -0.300. The van der Waals surface area contributed by atoms with Crippen molar-refractivity contribution in [1.82, 2.24) is 9.88 Å². The second-order valence-electron chi connectivity index (χ2n) is 10.8. The molecule has 1 aliphatic heterocycles. The number of amides is 1. The first-order chi connectivity index (χ1) is 21.3. The molecule has 226 valence electrons. The Morgan fingerprint density at radius 2 is 2.05 bits per heavy atom. The second-order valence-corrected chi connectivity index (χ2v) is 11.2. The standard InChI is InChI=1S/C34H34ClN5O4/c1-22-7-4-5-8-23(22)20-43-31-11-10-25(15-28(31)35)38-34-24(18-36)19-37-29-17-32(44-26-12-14-42-21-26)30(16-27(29)34)39-33(41)9-6-13-40(2)3/h4-11,15-17,19,26H,12-14,20-21H2,1-3H3,(H,37,38)(H,39,41)/b9-6+. The fourth-order valence-corrected chi connectivity index (χ4v) is 4.97. The molecule has 0 spiro atoms. The molecule has 0 saturated carbocycles. The highest BCUT2D eigenvalue weighted by Crippen LogP contribution is 2.38. The van der Waals surface area contributed by atoms with Crippen LogP contribution >= 0.6 is 11.6 Å². The summed E-state index contributed by atoms with van der Waals surface area (Å²) < 4.78 is 17.7. The van der Waals surface area contributed by atoms with Gasteiger partial charge in [0.15, 0.2) is 0 Å². The molecular weight excluding hydrogens is 578 g/mol. The average molecular weight is 612 g/mol. The SMILES string of the molecule is Cc1ccccc1COc1ccc(Nc2c(C#N)cnc3cc(OC4CCOC4)c(NC(=O)/C=C/CN(C)C)cc23)cc1Cl. The molecule has 4 aromatic rings. The average Bonchev–Trinajstić information content (AvgIpc) is 3.51. The summed E-state index contributed by atoms with van der Waals surface area (Å²) in [5.41, 5.74) is 4.77. The fraction of sp³-hybridized carbons (Fsp3) is 0.265. The van der Waals surface area contributed by atoms with Crippen molar-refractivity contribution in [3.63, 3.8) is 0 Å². The van der Waals surface area contributed by atoms with Crippen LogP contribution in [0, 0.1) is 18.3 Å². The van der Waals surface area contributed by atoms with Gasteiger partial charge in [-0.05, 0) is 56.4 Å². The molecule has 9 nitrogen and oxygen atoms in total. The van der Waals surface area contributed by atoms with E-state index in [1.165, 1.54) is 12.3 Å². The Hall–Kier alpha value is -4.62. The molecule has 1 aromatic heterocycles. The van der Waals surface area contributed by atoms with Crippen LogP contribution in [0.15, 0.2) is 72.9 Å². The lowest BCUT2D eigenvalue weighted by Crippen LogP contribution is -2.18. The zero-order valence-electron chi connectivity index (χ0n) is 24.9. The molecule has 2 heterocycles. The fourth-order valence-electron chi connectivity index (χ4n) is 4.73. The normalized spacial score (nSPS) is 14.6. The van der Waals surface area contributed by atoms with Gasteiger partial charge in [-0.2, -0.15) is 5.26 Å². The minimum absolute atomic E-state index is 0.142. The van der Waals surface area contributed by atoms with Crippen LogP contribution in [-0.2, 0) is 16.1 Å². The highest BCUT2D eigenvalue weighted by molar-refractivity contribution is 6.32. The molecular formula is C34H34ClN5O4. The van der Waals surface area contributed by atoms with Crippen LogP contribution in [0.5, 0.6) is 11.5 Å². The van der Waals surface area contributed by atoms with Gasteiger partial charge in [-0.3, -0.25) is 9.78 Å². The topological polar surface area (TPSA) is 109 Å². The van der Waals surface area contributed by atoms with E-state index in [1.54, 1.807) is 30.3 Å². The summed E-state index contributed by atoms with van der Waals surface area (Å²) in [5, 5.41) is 17.3.